The average molecular weight is 294 g/mol. The smallest absolute Gasteiger partial charge is 0.240 e. The van der Waals surface area contributed by atoms with Crippen molar-refractivity contribution in [3.8, 4) is 0 Å². The van der Waals surface area contributed by atoms with E-state index in [1.165, 1.54) is 22.3 Å². The van der Waals surface area contributed by atoms with E-state index in [0.29, 0.717) is 6.54 Å². The Morgan fingerprint density at radius 1 is 1.14 bits per heavy atom. The van der Waals surface area contributed by atoms with Crippen LogP contribution in [0.4, 0.5) is 0 Å². The number of aryl methyl sites for hydroxylation is 1. The minimum absolute atomic E-state index is 0.121. The standard InChI is InChI=1S/C19H22N2O/c1-14-7-3-4-10-17(14)13-21(2)19(22)18-11-15-8-5-6-9-16(15)12-20-18/h3-10,18,20H,11-13H2,1-2H3. The zero-order chi connectivity index (χ0) is 15.5. The van der Waals surface area contributed by atoms with E-state index in [4.69, 9.17) is 0 Å². The van der Waals surface area contributed by atoms with Gasteiger partial charge in [0.05, 0.1) is 6.04 Å². The highest BCUT2D eigenvalue weighted by molar-refractivity contribution is 5.82. The Morgan fingerprint density at radius 2 is 1.82 bits per heavy atom. The van der Waals surface area contributed by atoms with Gasteiger partial charge in [0, 0.05) is 20.1 Å². The molecular formula is C19H22N2O. The molecule has 0 fully saturated rings. The molecule has 2 aromatic carbocycles. The quantitative estimate of drug-likeness (QED) is 0.944. The lowest BCUT2D eigenvalue weighted by Crippen LogP contribution is -2.48. The SMILES string of the molecule is Cc1ccccc1CN(C)C(=O)C1Cc2ccccc2CN1. The van der Waals surface area contributed by atoms with Crippen LogP contribution in [0.1, 0.15) is 22.3 Å². The Morgan fingerprint density at radius 3 is 2.59 bits per heavy atom. The van der Waals surface area contributed by atoms with E-state index in [1.54, 1.807) is 0 Å². The normalized spacial score (nSPS) is 16.9. The molecule has 1 heterocycles. The second-order valence-electron chi connectivity index (χ2n) is 6.03. The minimum Gasteiger partial charge on any atom is -0.340 e. The van der Waals surface area contributed by atoms with Gasteiger partial charge < -0.3 is 10.2 Å². The van der Waals surface area contributed by atoms with Crippen molar-refractivity contribution < 1.29 is 4.79 Å². The van der Waals surface area contributed by atoms with Gasteiger partial charge in [-0.15, -0.1) is 0 Å². The first-order valence-corrected chi connectivity index (χ1v) is 7.75. The van der Waals surface area contributed by atoms with E-state index in [2.05, 4.69) is 36.5 Å². The molecule has 1 amide bonds. The average Bonchev–Trinajstić information content (AvgIpc) is 2.55. The van der Waals surface area contributed by atoms with Gasteiger partial charge in [-0.1, -0.05) is 48.5 Å². The highest BCUT2D eigenvalue weighted by atomic mass is 16.2. The van der Waals surface area contributed by atoms with Crippen molar-refractivity contribution in [3.63, 3.8) is 0 Å². The van der Waals surface area contributed by atoms with Crippen LogP contribution in [-0.2, 0) is 24.3 Å². The van der Waals surface area contributed by atoms with Crippen LogP contribution in [0.15, 0.2) is 48.5 Å². The molecule has 0 aromatic heterocycles. The molecule has 3 heteroatoms. The Balaban J connectivity index is 1.68. The number of hydrogen-bond acceptors (Lipinski definition) is 2. The summed E-state index contributed by atoms with van der Waals surface area (Å²) in [7, 11) is 1.89. The fourth-order valence-electron chi connectivity index (χ4n) is 3.02. The van der Waals surface area contributed by atoms with Crippen molar-refractivity contribution in [1.29, 1.82) is 0 Å². The molecule has 0 bridgehead atoms. The maximum absolute atomic E-state index is 12.7. The number of fused-ring (bicyclic) bond motifs is 1. The van der Waals surface area contributed by atoms with Crippen LogP contribution in [0, 0.1) is 6.92 Å². The summed E-state index contributed by atoms with van der Waals surface area (Å²) in [6.07, 6.45) is 0.771. The zero-order valence-electron chi connectivity index (χ0n) is 13.2. The van der Waals surface area contributed by atoms with E-state index in [0.717, 1.165) is 13.0 Å². The van der Waals surface area contributed by atoms with Crippen LogP contribution in [0.2, 0.25) is 0 Å². The number of benzene rings is 2. The van der Waals surface area contributed by atoms with E-state index in [1.807, 2.05) is 36.2 Å². The van der Waals surface area contributed by atoms with Crippen LogP contribution in [0.5, 0.6) is 0 Å². The third kappa shape index (κ3) is 3.04. The number of carbonyl (C=O) groups excluding carboxylic acids is 1. The topological polar surface area (TPSA) is 32.3 Å². The van der Waals surface area contributed by atoms with Crippen molar-refractivity contribution in [2.75, 3.05) is 7.05 Å². The first-order valence-electron chi connectivity index (χ1n) is 7.75. The van der Waals surface area contributed by atoms with Crippen LogP contribution >= 0.6 is 0 Å². The van der Waals surface area contributed by atoms with E-state index in [9.17, 15) is 4.79 Å². The summed E-state index contributed by atoms with van der Waals surface area (Å²) < 4.78 is 0. The Kier molecular flexibility index (Phi) is 4.25. The monoisotopic (exact) mass is 294 g/mol. The Labute approximate surface area is 132 Å². The lowest BCUT2D eigenvalue weighted by atomic mass is 9.95. The summed E-state index contributed by atoms with van der Waals surface area (Å²) in [5.74, 6) is 0.165. The molecule has 3 nitrogen and oxygen atoms in total. The molecule has 0 spiro atoms. The highest BCUT2D eigenvalue weighted by Gasteiger charge is 2.26. The molecule has 0 saturated carbocycles. The number of hydrogen-bond donors (Lipinski definition) is 1. The molecule has 1 aliphatic rings. The fourth-order valence-corrected chi connectivity index (χ4v) is 3.02. The largest absolute Gasteiger partial charge is 0.340 e. The molecule has 1 N–H and O–H groups in total. The van der Waals surface area contributed by atoms with Crippen LogP contribution in [-0.4, -0.2) is 23.9 Å². The molecule has 0 aliphatic carbocycles. The maximum atomic E-state index is 12.7. The molecule has 1 unspecified atom stereocenters. The molecule has 2 aromatic rings. The van der Waals surface area contributed by atoms with Crippen LogP contribution in [0.25, 0.3) is 0 Å². The Bertz CT molecular complexity index is 681. The van der Waals surface area contributed by atoms with Crippen molar-refractivity contribution >= 4 is 5.91 Å². The van der Waals surface area contributed by atoms with Gasteiger partial charge in [0.25, 0.3) is 0 Å². The molecule has 0 radical (unpaired) electrons. The molecule has 1 aliphatic heterocycles. The predicted octanol–water partition coefficient (Wildman–Crippen LogP) is 2.67. The van der Waals surface area contributed by atoms with Crippen LogP contribution in [0.3, 0.4) is 0 Å². The van der Waals surface area contributed by atoms with Crippen molar-refractivity contribution in [1.82, 2.24) is 10.2 Å². The summed E-state index contributed by atoms with van der Waals surface area (Å²) in [6, 6.07) is 16.4. The molecular weight excluding hydrogens is 272 g/mol. The third-order valence-electron chi connectivity index (χ3n) is 4.42. The maximum Gasteiger partial charge on any atom is 0.240 e. The van der Waals surface area contributed by atoms with E-state index in [-0.39, 0.29) is 11.9 Å². The lowest BCUT2D eigenvalue weighted by molar-refractivity contribution is -0.132. The minimum atomic E-state index is -0.121. The molecule has 1 atom stereocenters. The lowest BCUT2D eigenvalue weighted by Gasteiger charge is -2.29. The molecule has 114 valence electrons. The van der Waals surface area contributed by atoms with Crippen LogP contribution < -0.4 is 5.32 Å². The van der Waals surface area contributed by atoms with E-state index < -0.39 is 0 Å². The highest BCUT2D eigenvalue weighted by Crippen LogP contribution is 2.18. The van der Waals surface area contributed by atoms with Gasteiger partial charge in [0.15, 0.2) is 0 Å². The number of nitrogens with one attached hydrogen (secondary N) is 1. The van der Waals surface area contributed by atoms with Crippen molar-refractivity contribution in [3.05, 3.63) is 70.8 Å². The first kappa shape index (κ1) is 14.8. The van der Waals surface area contributed by atoms with Crippen molar-refractivity contribution in [2.45, 2.75) is 32.5 Å². The van der Waals surface area contributed by atoms with Gasteiger partial charge >= 0.3 is 0 Å². The molecule has 3 rings (SSSR count). The van der Waals surface area contributed by atoms with Gasteiger partial charge in [-0.05, 0) is 35.6 Å². The summed E-state index contributed by atoms with van der Waals surface area (Å²) in [5.41, 5.74) is 5.01. The first-order chi connectivity index (χ1) is 10.6. The second-order valence-corrected chi connectivity index (χ2v) is 6.03. The number of amides is 1. The number of likely N-dealkylation sites (N-methyl/N-ethyl adjacent to an activating group) is 1. The second kappa shape index (κ2) is 6.32. The number of rotatable bonds is 3. The van der Waals surface area contributed by atoms with Gasteiger partial charge in [-0.2, -0.15) is 0 Å². The summed E-state index contributed by atoms with van der Waals surface area (Å²) in [4.78, 5) is 14.5. The van der Waals surface area contributed by atoms with Crippen molar-refractivity contribution in [2.24, 2.45) is 0 Å². The molecule has 22 heavy (non-hydrogen) atoms. The predicted molar refractivity (Wildman–Crippen MR) is 88.4 cm³/mol. The van der Waals surface area contributed by atoms with Gasteiger partial charge in [-0.3, -0.25) is 4.79 Å². The zero-order valence-corrected chi connectivity index (χ0v) is 13.2. The Hall–Kier alpha value is -2.13. The number of nitrogens with zero attached hydrogens (tertiary/aromatic N) is 1. The van der Waals surface area contributed by atoms with E-state index >= 15 is 0 Å². The molecule has 0 saturated heterocycles. The summed E-state index contributed by atoms with van der Waals surface area (Å²) >= 11 is 0. The van der Waals surface area contributed by atoms with Gasteiger partial charge in [0.1, 0.15) is 0 Å². The summed E-state index contributed by atoms with van der Waals surface area (Å²) in [6.45, 7) is 3.51. The van der Waals surface area contributed by atoms with Gasteiger partial charge in [0.2, 0.25) is 5.91 Å². The summed E-state index contributed by atoms with van der Waals surface area (Å²) in [5, 5.41) is 3.37. The third-order valence-corrected chi connectivity index (χ3v) is 4.42. The number of carbonyl (C=O) groups is 1. The van der Waals surface area contributed by atoms with Gasteiger partial charge in [-0.25, -0.2) is 0 Å². The fraction of sp³-hybridized carbons (Fsp3) is 0.316.